The molecule has 2 aromatic rings. The lowest BCUT2D eigenvalue weighted by Gasteiger charge is -2.36. The van der Waals surface area contributed by atoms with Crippen LogP contribution in [0.25, 0.3) is 0 Å². The van der Waals surface area contributed by atoms with Gasteiger partial charge in [0.2, 0.25) is 0 Å². The van der Waals surface area contributed by atoms with Crippen LogP contribution in [-0.2, 0) is 14.3 Å². The zero-order valence-electron chi connectivity index (χ0n) is 19.1. The number of rotatable bonds is 6. The summed E-state index contributed by atoms with van der Waals surface area (Å²) in [7, 11) is 1.61. The molecule has 0 fully saturated rings. The SMILES string of the molecule is CCCOC(=O)C1=C(C)NC2=C(C(=O)C[C@H](c3ccccc3)C2)[C@@H]1c1ccc(OC)c(Br)c1. The second kappa shape index (κ2) is 9.96. The Bertz CT molecular complexity index is 1140. The normalized spacial score (nSPS) is 20.3. The highest BCUT2D eigenvalue weighted by atomic mass is 79.9. The molecule has 33 heavy (non-hydrogen) atoms. The third kappa shape index (κ3) is 4.62. The van der Waals surface area contributed by atoms with Crippen LogP contribution in [0.4, 0.5) is 0 Å². The molecule has 1 heterocycles. The van der Waals surface area contributed by atoms with E-state index in [9.17, 15) is 9.59 Å². The lowest BCUT2D eigenvalue weighted by atomic mass is 9.71. The van der Waals surface area contributed by atoms with Gasteiger partial charge in [0, 0.05) is 29.3 Å². The van der Waals surface area contributed by atoms with Gasteiger partial charge < -0.3 is 14.8 Å². The van der Waals surface area contributed by atoms with E-state index in [1.807, 2.05) is 50.2 Å². The lowest BCUT2D eigenvalue weighted by Crippen LogP contribution is -2.36. The number of carbonyl (C=O) groups excluding carboxylic acids is 2. The molecule has 0 radical (unpaired) electrons. The first-order chi connectivity index (χ1) is 15.9. The summed E-state index contributed by atoms with van der Waals surface area (Å²) < 4.78 is 11.7. The van der Waals surface area contributed by atoms with Crippen molar-refractivity contribution in [2.24, 2.45) is 0 Å². The van der Waals surface area contributed by atoms with Gasteiger partial charge in [-0.15, -0.1) is 0 Å². The van der Waals surface area contributed by atoms with Crippen LogP contribution in [0.15, 0.2) is 75.5 Å². The molecule has 0 saturated carbocycles. The Labute approximate surface area is 203 Å². The standard InChI is InChI=1S/C27H28BrNO4/c1-4-12-33-27(31)24-16(2)29-21-14-19(17-8-6-5-7-9-17)15-22(30)26(21)25(24)18-10-11-23(32-3)20(28)13-18/h5-11,13,19,25,29H,4,12,14-15H2,1-3H3/t19-,25-/m1/s1. The highest BCUT2D eigenvalue weighted by molar-refractivity contribution is 9.10. The minimum Gasteiger partial charge on any atom is -0.496 e. The molecule has 0 bridgehead atoms. The Kier molecular flexibility index (Phi) is 7.03. The van der Waals surface area contributed by atoms with Crippen molar-refractivity contribution in [1.29, 1.82) is 0 Å². The van der Waals surface area contributed by atoms with Gasteiger partial charge >= 0.3 is 5.97 Å². The largest absolute Gasteiger partial charge is 0.496 e. The molecule has 1 aliphatic heterocycles. The van der Waals surface area contributed by atoms with Crippen molar-refractivity contribution in [1.82, 2.24) is 5.32 Å². The first-order valence-electron chi connectivity index (χ1n) is 11.2. The second-order valence-electron chi connectivity index (χ2n) is 8.46. The number of dihydropyridines is 1. The number of nitrogens with one attached hydrogen (secondary N) is 1. The van der Waals surface area contributed by atoms with E-state index >= 15 is 0 Å². The second-order valence-corrected chi connectivity index (χ2v) is 9.31. The number of Topliss-reactive ketones (excluding diaryl/α,β-unsaturated/α-hetero) is 1. The molecule has 172 valence electrons. The molecule has 0 amide bonds. The summed E-state index contributed by atoms with van der Waals surface area (Å²) in [5.41, 5.74) is 4.78. The van der Waals surface area contributed by atoms with Crippen molar-refractivity contribution in [2.45, 2.75) is 44.9 Å². The zero-order valence-corrected chi connectivity index (χ0v) is 20.7. The van der Waals surface area contributed by atoms with Crippen LogP contribution in [0.3, 0.4) is 0 Å². The maximum atomic E-state index is 13.6. The molecule has 1 aliphatic carbocycles. The van der Waals surface area contributed by atoms with Gasteiger partial charge in [-0.05, 0) is 64.9 Å². The summed E-state index contributed by atoms with van der Waals surface area (Å²) >= 11 is 3.56. The predicted molar refractivity (Wildman–Crippen MR) is 131 cm³/mol. The maximum absolute atomic E-state index is 13.6. The Morgan fingerprint density at radius 2 is 1.88 bits per heavy atom. The minimum absolute atomic E-state index is 0.0582. The maximum Gasteiger partial charge on any atom is 0.336 e. The fourth-order valence-corrected chi connectivity index (χ4v) is 5.30. The molecule has 1 N–H and O–H groups in total. The number of halogens is 1. The van der Waals surface area contributed by atoms with E-state index in [1.54, 1.807) is 7.11 Å². The van der Waals surface area contributed by atoms with Crippen LogP contribution in [0.2, 0.25) is 0 Å². The van der Waals surface area contributed by atoms with Crippen LogP contribution < -0.4 is 10.1 Å². The van der Waals surface area contributed by atoms with Crippen molar-refractivity contribution in [3.05, 3.63) is 86.7 Å². The number of ether oxygens (including phenoxy) is 2. The smallest absolute Gasteiger partial charge is 0.336 e. The molecule has 2 aliphatic rings. The van der Waals surface area contributed by atoms with Gasteiger partial charge in [-0.25, -0.2) is 4.79 Å². The average molecular weight is 510 g/mol. The Morgan fingerprint density at radius 3 is 2.55 bits per heavy atom. The minimum atomic E-state index is -0.489. The summed E-state index contributed by atoms with van der Waals surface area (Å²) in [5.74, 6) is -0.0189. The van der Waals surface area contributed by atoms with Crippen LogP contribution in [0.1, 0.15) is 56.1 Å². The number of benzene rings is 2. The fraction of sp³-hybridized carbons (Fsp3) is 0.333. The van der Waals surface area contributed by atoms with Gasteiger partial charge in [0.05, 0.1) is 23.8 Å². The van der Waals surface area contributed by atoms with E-state index in [4.69, 9.17) is 9.47 Å². The molecule has 6 heteroatoms. The van der Waals surface area contributed by atoms with Gasteiger partial charge in [-0.3, -0.25) is 4.79 Å². The van der Waals surface area contributed by atoms with Crippen LogP contribution in [0.5, 0.6) is 5.75 Å². The third-order valence-electron chi connectivity index (χ3n) is 6.26. The third-order valence-corrected chi connectivity index (χ3v) is 6.88. The molecule has 0 spiro atoms. The molecule has 2 atom stereocenters. The van der Waals surface area contributed by atoms with Crippen molar-refractivity contribution in [3.8, 4) is 5.75 Å². The van der Waals surface area contributed by atoms with E-state index < -0.39 is 5.92 Å². The zero-order chi connectivity index (χ0) is 23.5. The molecule has 4 rings (SSSR count). The van der Waals surface area contributed by atoms with E-state index in [-0.39, 0.29) is 17.7 Å². The van der Waals surface area contributed by atoms with Gasteiger partial charge in [0.15, 0.2) is 5.78 Å². The number of hydrogen-bond acceptors (Lipinski definition) is 5. The first-order valence-corrected chi connectivity index (χ1v) is 12.0. The van der Waals surface area contributed by atoms with Crippen LogP contribution in [0, 0.1) is 0 Å². The highest BCUT2D eigenvalue weighted by Crippen LogP contribution is 2.46. The van der Waals surface area contributed by atoms with E-state index in [2.05, 4.69) is 33.4 Å². The average Bonchev–Trinajstić information content (AvgIpc) is 2.82. The summed E-state index contributed by atoms with van der Waals surface area (Å²) in [6.45, 7) is 4.18. The number of carbonyl (C=O) groups is 2. The Morgan fingerprint density at radius 1 is 1.12 bits per heavy atom. The molecule has 5 nitrogen and oxygen atoms in total. The Balaban J connectivity index is 1.80. The molecule has 0 aromatic heterocycles. The predicted octanol–water partition coefficient (Wildman–Crippen LogP) is 5.77. The van der Waals surface area contributed by atoms with Crippen LogP contribution in [-0.4, -0.2) is 25.5 Å². The number of hydrogen-bond donors (Lipinski definition) is 1. The quantitative estimate of drug-likeness (QED) is 0.500. The van der Waals surface area contributed by atoms with Crippen molar-refractivity contribution in [3.63, 3.8) is 0 Å². The molecule has 0 saturated heterocycles. The van der Waals surface area contributed by atoms with Crippen molar-refractivity contribution in [2.75, 3.05) is 13.7 Å². The number of allylic oxidation sites excluding steroid dienone is 3. The topological polar surface area (TPSA) is 64.6 Å². The first kappa shape index (κ1) is 23.3. The van der Waals surface area contributed by atoms with E-state index in [1.165, 1.54) is 0 Å². The van der Waals surface area contributed by atoms with Crippen molar-refractivity contribution >= 4 is 27.7 Å². The van der Waals surface area contributed by atoms with E-state index in [0.717, 1.165) is 33.4 Å². The van der Waals surface area contributed by atoms with E-state index in [0.29, 0.717) is 36.3 Å². The fourth-order valence-electron chi connectivity index (χ4n) is 4.74. The number of methoxy groups -OCH3 is 1. The number of ketones is 1. The van der Waals surface area contributed by atoms with Gasteiger partial charge in [0.25, 0.3) is 0 Å². The summed E-state index contributed by atoms with van der Waals surface area (Å²) in [5, 5.41) is 3.39. The molecular formula is C27H28BrNO4. The van der Waals surface area contributed by atoms with Gasteiger partial charge in [-0.2, -0.15) is 0 Å². The molecular weight excluding hydrogens is 482 g/mol. The number of esters is 1. The monoisotopic (exact) mass is 509 g/mol. The summed E-state index contributed by atoms with van der Waals surface area (Å²) in [6, 6.07) is 15.8. The van der Waals surface area contributed by atoms with Gasteiger partial charge in [0.1, 0.15) is 5.75 Å². The highest BCUT2D eigenvalue weighted by Gasteiger charge is 2.41. The van der Waals surface area contributed by atoms with Gasteiger partial charge in [-0.1, -0.05) is 43.3 Å². The van der Waals surface area contributed by atoms with Crippen molar-refractivity contribution < 1.29 is 19.1 Å². The summed E-state index contributed by atoms with van der Waals surface area (Å²) in [4.78, 5) is 26.7. The molecule has 0 unspecified atom stereocenters. The van der Waals surface area contributed by atoms with Crippen LogP contribution >= 0.6 is 15.9 Å². The Hall–Kier alpha value is -2.86. The lowest BCUT2D eigenvalue weighted by molar-refractivity contribution is -0.139. The summed E-state index contributed by atoms with van der Waals surface area (Å²) in [6.07, 6.45) is 1.86. The molecule has 2 aromatic carbocycles.